The molecule has 0 aliphatic carbocycles. The second-order valence-electron chi connectivity index (χ2n) is 5.26. The predicted octanol–water partition coefficient (Wildman–Crippen LogP) is 3.91. The molecule has 0 atom stereocenters. The molecule has 0 aromatic heterocycles. The fraction of sp³-hybridized carbons (Fsp3) is 0.316. The van der Waals surface area contributed by atoms with Crippen molar-refractivity contribution in [2.24, 2.45) is 4.99 Å². The normalized spacial score (nSPS) is 10.7. The number of hydrogen-bond acceptors (Lipinski definition) is 3. The third kappa shape index (κ3) is 8.49. The molecule has 0 radical (unpaired) electrons. The van der Waals surface area contributed by atoms with Crippen LogP contribution in [-0.4, -0.2) is 31.6 Å². The fourth-order valence-corrected chi connectivity index (χ4v) is 2.43. The van der Waals surface area contributed by atoms with Crippen molar-refractivity contribution in [2.75, 3.05) is 25.6 Å². The summed E-state index contributed by atoms with van der Waals surface area (Å²) < 4.78 is 5.80. The number of thioether (sulfide) groups is 1. The Morgan fingerprint density at radius 3 is 2.36 bits per heavy atom. The minimum absolute atomic E-state index is 0. The zero-order valence-corrected chi connectivity index (χ0v) is 17.8. The van der Waals surface area contributed by atoms with Gasteiger partial charge in [-0.1, -0.05) is 42.5 Å². The van der Waals surface area contributed by atoms with Crippen LogP contribution in [0.4, 0.5) is 0 Å². The molecule has 6 heteroatoms. The zero-order chi connectivity index (χ0) is 17.0. The molecule has 2 rings (SSSR count). The fourth-order valence-electron chi connectivity index (χ4n) is 2.12. The number of nitrogens with one attached hydrogen (secondary N) is 2. The lowest BCUT2D eigenvalue weighted by Crippen LogP contribution is -2.37. The van der Waals surface area contributed by atoms with E-state index in [0.29, 0.717) is 6.61 Å². The molecule has 2 aromatic carbocycles. The van der Waals surface area contributed by atoms with Gasteiger partial charge in [-0.2, -0.15) is 11.8 Å². The maximum Gasteiger partial charge on any atom is 0.191 e. The second kappa shape index (κ2) is 12.9. The molecule has 0 heterocycles. The number of guanidine groups is 1. The van der Waals surface area contributed by atoms with Crippen molar-refractivity contribution in [3.05, 3.63) is 65.7 Å². The van der Waals surface area contributed by atoms with Crippen molar-refractivity contribution < 1.29 is 4.74 Å². The molecule has 0 bridgehead atoms. The summed E-state index contributed by atoms with van der Waals surface area (Å²) in [6.45, 7) is 2.23. The summed E-state index contributed by atoms with van der Waals surface area (Å²) in [7, 11) is 1.79. The molecule has 2 N–H and O–H groups in total. The van der Waals surface area contributed by atoms with Crippen LogP contribution in [0.25, 0.3) is 0 Å². The smallest absolute Gasteiger partial charge is 0.191 e. The molecule has 25 heavy (non-hydrogen) atoms. The quantitative estimate of drug-likeness (QED) is 0.265. The number of nitrogens with zero attached hydrogens (tertiary/aromatic N) is 1. The van der Waals surface area contributed by atoms with Crippen molar-refractivity contribution in [2.45, 2.75) is 13.2 Å². The Labute approximate surface area is 171 Å². The summed E-state index contributed by atoms with van der Waals surface area (Å²) >= 11 is 1.81. The number of benzene rings is 2. The van der Waals surface area contributed by atoms with Gasteiger partial charge >= 0.3 is 0 Å². The zero-order valence-electron chi connectivity index (χ0n) is 14.7. The Morgan fingerprint density at radius 1 is 1.00 bits per heavy atom. The number of rotatable bonds is 8. The molecule has 4 nitrogen and oxygen atoms in total. The van der Waals surface area contributed by atoms with E-state index in [0.717, 1.165) is 30.6 Å². The summed E-state index contributed by atoms with van der Waals surface area (Å²) in [6.07, 6.45) is 2.10. The van der Waals surface area contributed by atoms with Gasteiger partial charge in [0.2, 0.25) is 0 Å². The van der Waals surface area contributed by atoms with Crippen LogP contribution >= 0.6 is 35.7 Å². The van der Waals surface area contributed by atoms with Gasteiger partial charge in [0, 0.05) is 25.9 Å². The maximum absolute atomic E-state index is 5.80. The van der Waals surface area contributed by atoms with Gasteiger partial charge in [-0.3, -0.25) is 4.99 Å². The van der Waals surface area contributed by atoms with Crippen molar-refractivity contribution in [3.8, 4) is 5.75 Å². The second-order valence-corrected chi connectivity index (χ2v) is 6.25. The summed E-state index contributed by atoms with van der Waals surface area (Å²) in [6, 6.07) is 18.3. The van der Waals surface area contributed by atoms with Gasteiger partial charge < -0.3 is 15.4 Å². The molecule has 0 amide bonds. The van der Waals surface area contributed by atoms with E-state index in [2.05, 4.69) is 46.1 Å². The molecular weight excluding hydrogens is 445 g/mol. The van der Waals surface area contributed by atoms with Crippen LogP contribution in [0, 0.1) is 0 Å². The number of ether oxygens (including phenoxy) is 1. The van der Waals surface area contributed by atoms with Crippen LogP contribution < -0.4 is 15.4 Å². The van der Waals surface area contributed by atoms with Crippen LogP contribution in [-0.2, 0) is 13.2 Å². The Balaban J connectivity index is 0.00000312. The Bertz CT molecular complexity index is 620. The number of aliphatic imine (C=N–C) groups is 1. The van der Waals surface area contributed by atoms with E-state index in [1.54, 1.807) is 7.05 Å². The highest BCUT2D eigenvalue weighted by Gasteiger charge is 1.99. The van der Waals surface area contributed by atoms with Crippen LogP contribution in [0.2, 0.25) is 0 Å². The van der Waals surface area contributed by atoms with Crippen molar-refractivity contribution in [1.29, 1.82) is 0 Å². The third-order valence-corrected chi connectivity index (χ3v) is 4.07. The first-order chi connectivity index (χ1) is 11.8. The van der Waals surface area contributed by atoms with Gasteiger partial charge in [-0.05, 0) is 29.5 Å². The molecule has 0 saturated heterocycles. The SMILES string of the molecule is CN=C(NCCSC)NCc1ccc(OCc2ccccc2)cc1.I. The maximum atomic E-state index is 5.80. The summed E-state index contributed by atoms with van der Waals surface area (Å²) in [4.78, 5) is 4.22. The Hall–Kier alpha value is -1.41. The standard InChI is InChI=1S/C19H25N3OS.HI/c1-20-19(21-12-13-24-2)22-14-16-8-10-18(11-9-16)23-15-17-6-4-3-5-7-17;/h3-11H,12-15H2,1-2H3,(H2,20,21,22);1H. The molecule has 0 unspecified atom stereocenters. The van der Waals surface area contributed by atoms with Gasteiger partial charge in [0.05, 0.1) is 0 Å². The van der Waals surface area contributed by atoms with E-state index in [4.69, 9.17) is 4.74 Å². The molecular formula is C19H26IN3OS. The topological polar surface area (TPSA) is 45.7 Å². The predicted molar refractivity (Wildman–Crippen MR) is 119 cm³/mol. The summed E-state index contributed by atoms with van der Waals surface area (Å²) in [5.74, 6) is 2.77. The molecule has 136 valence electrons. The molecule has 2 aromatic rings. The average Bonchev–Trinajstić information content (AvgIpc) is 2.64. The Morgan fingerprint density at radius 2 is 1.72 bits per heavy atom. The first-order valence-corrected chi connectivity index (χ1v) is 9.40. The van der Waals surface area contributed by atoms with Crippen LogP contribution in [0.15, 0.2) is 59.6 Å². The lowest BCUT2D eigenvalue weighted by molar-refractivity contribution is 0.306. The van der Waals surface area contributed by atoms with E-state index in [1.807, 2.05) is 42.1 Å². The monoisotopic (exact) mass is 471 g/mol. The molecule has 0 aliphatic rings. The first-order valence-electron chi connectivity index (χ1n) is 8.01. The molecule has 0 aliphatic heterocycles. The van der Waals surface area contributed by atoms with Gasteiger partial charge in [-0.25, -0.2) is 0 Å². The molecule has 0 spiro atoms. The van der Waals surface area contributed by atoms with Crippen LogP contribution in [0.3, 0.4) is 0 Å². The lowest BCUT2D eigenvalue weighted by atomic mass is 10.2. The molecule has 0 saturated carbocycles. The van der Waals surface area contributed by atoms with Crippen molar-refractivity contribution in [3.63, 3.8) is 0 Å². The van der Waals surface area contributed by atoms with Crippen LogP contribution in [0.1, 0.15) is 11.1 Å². The minimum atomic E-state index is 0. The van der Waals surface area contributed by atoms with E-state index in [9.17, 15) is 0 Å². The first kappa shape index (κ1) is 21.6. The highest BCUT2D eigenvalue weighted by molar-refractivity contribution is 14.0. The van der Waals surface area contributed by atoms with Crippen molar-refractivity contribution >= 4 is 41.7 Å². The van der Waals surface area contributed by atoms with Gasteiger partial charge in [0.15, 0.2) is 5.96 Å². The van der Waals surface area contributed by atoms with Gasteiger partial charge in [0.25, 0.3) is 0 Å². The van der Waals surface area contributed by atoms with E-state index in [1.165, 1.54) is 11.1 Å². The van der Waals surface area contributed by atoms with Gasteiger partial charge in [-0.15, -0.1) is 24.0 Å². The number of hydrogen-bond donors (Lipinski definition) is 2. The summed E-state index contributed by atoms with van der Waals surface area (Å²) in [5.41, 5.74) is 2.36. The minimum Gasteiger partial charge on any atom is -0.489 e. The lowest BCUT2D eigenvalue weighted by Gasteiger charge is -2.12. The summed E-state index contributed by atoms with van der Waals surface area (Å²) in [5, 5.41) is 6.59. The Kier molecular flexibility index (Phi) is 11.1. The largest absolute Gasteiger partial charge is 0.489 e. The third-order valence-electron chi connectivity index (χ3n) is 3.45. The van der Waals surface area contributed by atoms with E-state index in [-0.39, 0.29) is 24.0 Å². The van der Waals surface area contributed by atoms with Gasteiger partial charge in [0.1, 0.15) is 12.4 Å². The van der Waals surface area contributed by atoms with E-state index >= 15 is 0 Å². The highest BCUT2D eigenvalue weighted by Crippen LogP contribution is 2.14. The highest BCUT2D eigenvalue weighted by atomic mass is 127. The van der Waals surface area contributed by atoms with Crippen molar-refractivity contribution in [1.82, 2.24) is 10.6 Å². The average molecular weight is 471 g/mol. The number of halogens is 1. The van der Waals surface area contributed by atoms with E-state index < -0.39 is 0 Å². The van der Waals surface area contributed by atoms with Crippen LogP contribution in [0.5, 0.6) is 5.75 Å². The molecule has 0 fully saturated rings.